The molecule has 0 aliphatic rings. The van der Waals surface area contributed by atoms with E-state index in [1.54, 1.807) is 0 Å². The summed E-state index contributed by atoms with van der Waals surface area (Å²) < 4.78 is 0. The molecular weight excluding hydrogens is 280 g/mol. The van der Waals surface area contributed by atoms with E-state index in [-0.39, 0.29) is 0 Å². The molecule has 3 aromatic rings. The van der Waals surface area contributed by atoms with E-state index in [1.165, 1.54) is 44.1 Å². The van der Waals surface area contributed by atoms with Gasteiger partial charge >= 0.3 is 0 Å². The van der Waals surface area contributed by atoms with Crippen LogP contribution in [0, 0.1) is 0 Å². The van der Waals surface area contributed by atoms with Gasteiger partial charge < -0.3 is 5.73 Å². The Morgan fingerprint density at radius 2 is 1.57 bits per heavy atom. The number of pyridine rings is 1. The van der Waals surface area contributed by atoms with Gasteiger partial charge in [0.25, 0.3) is 0 Å². The highest BCUT2D eigenvalue weighted by molar-refractivity contribution is 6.07. The molecule has 2 aromatic carbocycles. The molecule has 0 spiro atoms. The Kier molecular flexibility index (Phi) is 5.12. The van der Waals surface area contributed by atoms with Crippen molar-refractivity contribution in [2.45, 2.75) is 51.9 Å². The molecule has 0 atom stereocenters. The highest BCUT2D eigenvalue weighted by atomic mass is 14.7. The van der Waals surface area contributed by atoms with Gasteiger partial charge in [-0.3, -0.25) is 0 Å². The summed E-state index contributed by atoms with van der Waals surface area (Å²) in [5, 5.41) is 2.14. The minimum atomic E-state index is 0.857. The molecule has 0 unspecified atom stereocenters. The number of nitrogens with zero attached hydrogens (tertiary/aromatic N) is 1. The van der Waals surface area contributed by atoms with Gasteiger partial charge in [-0.05, 0) is 24.5 Å². The number of para-hydroxylation sites is 2. The molecule has 3 rings (SSSR count). The minimum absolute atomic E-state index is 0.857. The van der Waals surface area contributed by atoms with Gasteiger partial charge in [-0.25, -0.2) is 4.98 Å². The topological polar surface area (TPSA) is 38.9 Å². The molecule has 1 heterocycles. The number of anilines is 1. The molecule has 2 nitrogen and oxygen atoms in total. The van der Waals surface area contributed by atoms with Crippen LogP contribution in [-0.2, 0) is 6.42 Å². The zero-order valence-electron chi connectivity index (χ0n) is 14.0. The first kappa shape index (κ1) is 15.8. The fourth-order valence-corrected chi connectivity index (χ4v) is 3.30. The van der Waals surface area contributed by atoms with Crippen LogP contribution in [0.2, 0.25) is 0 Å². The first-order valence-corrected chi connectivity index (χ1v) is 8.87. The lowest BCUT2D eigenvalue weighted by molar-refractivity contribution is 0.608. The van der Waals surface area contributed by atoms with Crippen molar-refractivity contribution in [2.75, 3.05) is 5.73 Å². The molecule has 2 N–H and O–H groups in total. The fourth-order valence-electron chi connectivity index (χ4n) is 3.30. The molecular formula is C21H26N2. The van der Waals surface area contributed by atoms with Crippen LogP contribution in [0.1, 0.15) is 51.0 Å². The van der Waals surface area contributed by atoms with Crippen molar-refractivity contribution in [1.29, 1.82) is 0 Å². The zero-order valence-corrected chi connectivity index (χ0v) is 14.0. The van der Waals surface area contributed by atoms with Crippen LogP contribution in [0.15, 0.2) is 42.5 Å². The Hall–Kier alpha value is -2.09. The van der Waals surface area contributed by atoms with E-state index < -0.39 is 0 Å². The van der Waals surface area contributed by atoms with E-state index in [9.17, 15) is 0 Å². The number of nitrogen functional groups attached to an aromatic ring is 1. The Bertz CT molecular complexity index is 792. The van der Waals surface area contributed by atoms with Crippen LogP contribution in [0.4, 0.5) is 5.69 Å². The van der Waals surface area contributed by atoms with E-state index in [2.05, 4.69) is 31.2 Å². The van der Waals surface area contributed by atoms with Gasteiger partial charge in [0.2, 0.25) is 0 Å². The summed E-state index contributed by atoms with van der Waals surface area (Å²) >= 11 is 0. The maximum Gasteiger partial charge on any atom is 0.0762 e. The van der Waals surface area contributed by atoms with Gasteiger partial charge in [-0.1, -0.05) is 75.4 Å². The zero-order chi connectivity index (χ0) is 16.1. The van der Waals surface area contributed by atoms with E-state index >= 15 is 0 Å². The summed E-state index contributed by atoms with van der Waals surface area (Å²) in [6.45, 7) is 2.26. The lowest BCUT2D eigenvalue weighted by atomic mass is 10.00. The molecule has 0 bridgehead atoms. The molecule has 0 aliphatic heterocycles. The first-order valence-electron chi connectivity index (χ1n) is 8.87. The Labute approximate surface area is 138 Å². The molecule has 1 aromatic heterocycles. The SMILES string of the molecule is CCCCCCCCc1cccc2c(N)c3ccccc3nc12. The van der Waals surface area contributed by atoms with Crippen LogP contribution in [0.25, 0.3) is 21.8 Å². The highest BCUT2D eigenvalue weighted by Gasteiger charge is 2.09. The average molecular weight is 306 g/mol. The predicted octanol–water partition coefficient (Wildman–Crippen LogP) is 5.87. The molecule has 0 saturated carbocycles. The number of nitrogens with two attached hydrogens (primary N) is 1. The van der Waals surface area contributed by atoms with Crippen LogP contribution < -0.4 is 5.73 Å². The second-order valence-corrected chi connectivity index (χ2v) is 6.37. The lowest BCUT2D eigenvalue weighted by Crippen LogP contribution is -1.96. The summed E-state index contributed by atoms with van der Waals surface area (Å²) in [6, 6.07) is 14.6. The average Bonchev–Trinajstić information content (AvgIpc) is 2.59. The Balaban J connectivity index is 1.83. The second-order valence-electron chi connectivity index (χ2n) is 6.37. The molecule has 23 heavy (non-hydrogen) atoms. The van der Waals surface area contributed by atoms with E-state index in [0.717, 1.165) is 33.9 Å². The van der Waals surface area contributed by atoms with Crippen LogP contribution in [0.5, 0.6) is 0 Å². The van der Waals surface area contributed by atoms with Crippen molar-refractivity contribution in [3.63, 3.8) is 0 Å². The summed E-state index contributed by atoms with van der Waals surface area (Å²) in [6.07, 6.45) is 9.00. The Morgan fingerprint density at radius 3 is 2.43 bits per heavy atom. The highest BCUT2D eigenvalue weighted by Crippen LogP contribution is 2.30. The molecule has 0 radical (unpaired) electrons. The van der Waals surface area contributed by atoms with Gasteiger partial charge in [0, 0.05) is 10.8 Å². The van der Waals surface area contributed by atoms with Crippen molar-refractivity contribution in [3.8, 4) is 0 Å². The van der Waals surface area contributed by atoms with Crippen molar-refractivity contribution in [1.82, 2.24) is 4.98 Å². The largest absolute Gasteiger partial charge is 0.398 e. The molecule has 2 heteroatoms. The standard InChI is InChI=1S/C21H26N2/c1-2-3-4-5-6-7-11-16-12-10-14-18-20(22)17-13-8-9-15-19(17)23-21(16)18/h8-10,12-15H,2-7,11H2,1H3,(H2,22,23). The van der Waals surface area contributed by atoms with Gasteiger partial charge in [0.1, 0.15) is 0 Å². The number of hydrogen-bond acceptors (Lipinski definition) is 2. The number of rotatable bonds is 7. The van der Waals surface area contributed by atoms with Crippen LogP contribution in [-0.4, -0.2) is 4.98 Å². The monoisotopic (exact) mass is 306 g/mol. The summed E-state index contributed by atoms with van der Waals surface area (Å²) in [4.78, 5) is 4.89. The van der Waals surface area contributed by atoms with Crippen molar-refractivity contribution >= 4 is 27.5 Å². The van der Waals surface area contributed by atoms with E-state index in [0.29, 0.717) is 0 Å². The number of hydrogen-bond donors (Lipinski definition) is 1. The smallest absolute Gasteiger partial charge is 0.0762 e. The summed E-state index contributed by atoms with van der Waals surface area (Å²) in [7, 11) is 0. The maximum absolute atomic E-state index is 6.39. The Morgan fingerprint density at radius 1 is 0.826 bits per heavy atom. The third kappa shape index (κ3) is 3.47. The normalized spacial score (nSPS) is 11.3. The fraction of sp³-hybridized carbons (Fsp3) is 0.381. The van der Waals surface area contributed by atoms with Gasteiger partial charge in [-0.2, -0.15) is 0 Å². The number of aromatic nitrogens is 1. The third-order valence-corrected chi connectivity index (χ3v) is 4.64. The number of unbranched alkanes of at least 4 members (excludes halogenated alkanes) is 5. The van der Waals surface area contributed by atoms with Gasteiger partial charge in [-0.15, -0.1) is 0 Å². The number of benzene rings is 2. The minimum Gasteiger partial charge on any atom is -0.398 e. The summed E-state index contributed by atoms with van der Waals surface area (Å²) in [5.41, 5.74) is 10.7. The predicted molar refractivity (Wildman–Crippen MR) is 101 cm³/mol. The third-order valence-electron chi connectivity index (χ3n) is 4.64. The van der Waals surface area contributed by atoms with E-state index in [4.69, 9.17) is 10.7 Å². The van der Waals surface area contributed by atoms with Gasteiger partial charge in [0.15, 0.2) is 0 Å². The van der Waals surface area contributed by atoms with Crippen molar-refractivity contribution in [3.05, 3.63) is 48.0 Å². The molecule has 120 valence electrons. The van der Waals surface area contributed by atoms with Gasteiger partial charge in [0.05, 0.1) is 16.7 Å². The quantitative estimate of drug-likeness (QED) is 0.437. The summed E-state index contributed by atoms with van der Waals surface area (Å²) in [5.74, 6) is 0. The molecule has 0 amide bonds. The van der Waals surface area contributed by atoms with E-state index in [1.807, 2.05) is 18.2 Å². The molecule has 0 saturated heterocycles. The molecule has 0 aliphatic carbocycles. The second kappa shape index (κ2) is 7.45. The van der Waals surface area contributed by atoms with Crippen LogP contribution >= 0.6 is 0 Å². The maximum atomic E-state index is 6.39. The first-order chi connectivity index (χ1) is 11.3. The van der Waals surface area contributed by atoms with Crippen LogP contribution in [0.3, 0.4) is 0 Å². The van der Waals surface area contributed by atoms with Crippen molar-refractivity contribution < 1.29 is 0 Å². The number of fused-ring (bicyclic) bond motifs is 2. The number of aryl methyl sites for hydroxylation is 1. The molecule has 0 fully saturated rings. The van der Waals surface area contributed by atoms with Crippen molar-refractivity contribution in [2.24, 2.45) is 0 Å². The lowest BCUT2D eigenvalue weighted by Gasteiger charge is -2.10.